The van der Waals surface area contributed by atoms with Crippen molar-refractivity contribution in [1.29, 1.82) is 0 Å². The lowest BCUT2D eigenvalue weighted by atomic mass is 10.1. The molecule has 0 amide bonds. The van der Waals surface area contributed by atoms with Gasteiger partial charge in [0.15, 0.2) is 4.96 Å². The molecule has 2 heterocycles. The molecule has 2 nitrogen and oxygen atoms in total. The maximum atomic E-state index is 4.88. The minimum atomic E-state index is 1.05. The van der Waals surface area contributed by atoms with E-state index in [4.69, 9.17) is 4.98 Å². The minimum absolute atomic E-state index is 1.05. The molecule has 2 aliphatic carbocycles. The van der Waals surface area contributed by atoms with Gasteiger partial charge in [0.2, 0.25) is 0 Å². The highest BCUT2D eigenvalue weighted by Gasteiger charge is 2.28. The second-order valence-electron chi connectivity index (χ2n) is 5.18. The van der Waals surface area contributed by atoms with Crippen LogP contribution in [0.2, 0.25) is 0 Å². The van der Waals surface area contributed by atoms with Crippen LogP contribution in [0.15, 0.2) is 24.3 Å². The van der Waals surface area contributed by atoms with Crippen LogP contribution in [-0.2, 0) is 19.3 Å². The molecule has 0 unspecified atom stereocenters. The number of fused-ring (bicyclic) bond motifs is 7. The Kier molecular flexibility index (Phi) is 1.58. The minimum Gasteiger partial charge on any atom is -0.290 e. The van der Waals surface area contributed by atoms with Gasteiger partial charge in [-0.2, -0.15) is 0 Å². The van der Waals surface area contributed by atoms with E-state index in [-0.39, 0.29) is 0 Å². The highest BCUT2D eigenvalue weighted by molar-refractivity contribution is 7.17. The molecule has 1 aromatic carbocycles. The molecule has 0 atom stereocenters. The molecular formula is C15H12N2S. The SMILES string of the molecule is c1ccc2c(c1)Cc1c-2nc2sc3c(n12)CCC3. The first-order valence-electron chi connectivity index (χ1n) is 6.52. The van der Waals surface area contributed by atoms with Gasteiger partial charge in [-0.25, -0.2) is 4.98 Å². The van der Waals surface area contributed by atoms with E-state index in [0.29, 0.717) is 0 Å². The summed E-state index contributed by atoms with van der Waals surface area (Å²) < 4.78 is 2.45. The van der Waals surface area contributed by atoms with Crippen LogP contribution in [0.4, 0.5) is 0 Å². The predicted octanol–water partition coefficient (Wildman–Crippen LogP) is 3.46. The summed E-state index contributed by atoms with van der Waals surface area (Å²) in [6, 6.07) is 8.69. The first-order chi connectivity index (χ1) is 8.92. The quantitative estimate of drug-likeness (QED) is 0.468. The zero-order valence-electron chi connectivity index (χ0n) is 9.94. The Morgan fingerprint density at radius 2 is 2.06 bits per heavy atom. The Morgan fingerprint density at radius 1 is 1.11 bits per heavy atom. The lowest BCUT2D eigenvalue weighted by Gasteiger charge is -1.98. The van der Waals surface area contributed by atoms with E-state index >= 15 is 0 Å². The van der Waals surface area contributed by atoms with E-state index in [1.54, 1.807) is 4.88 Å². The van der Waals surface area contributed by atoms with Gasteiger partial charge >= 0.3 is 0 Å². The molecule has 5 rings (SSSR count). The van der Waals surface area contributed by atoms with Gasteiger partial charge < -0.3 is 0 Å². The van der Waals surface area contributed by atoms with Crippen molar-refractivity contribution in [3.63, 3.8) is 0 Å². The van der Waals surface area contributed by atoms with Gasteiger partial charge in [-0.3, -0.25) is 4.40 Å². The molecule has 0 saturated heterocycles. The average Bonchev–Trinajstić information content (AvgIpc) is 3.05. The Balaban J connectivity index is 1.87. The molecule has 3 heteroatoms. The number of hydrogen-bond donors (Lipinski definition) is 0. The Bertz CT molecular complexity index is 794. The zero-order valence-corrected chi connectivity index (χ0v) is 10.8. The summed E-state index contributed by atoms with van der Waals surface area (Å²) in [5.41, 5.74) is 6.96. The molecule has 0 spiro atoms. The molecule has 2 aliphatic rings. The van der Waals surface area contributed by atoms with Crippen LogP contribution in [0.1, 0.15) is 28.2 Å². The smallest absolute Gasteiger partial charge is 0.194 e. The van der Waals surface area contributed by atoms with Crippen molar-refractivity contribution in [3.05, 3.63) is 46.1 Å². The van der Waals surface area contributed by atoms with E-state index in [9.17, 15) is 0 Å². The molecule has 0 fully saturated rings. The fourth-order valence-corrected chi connectivity index (χ4v) is 4.63. The third-order valence-electron chi connectivity index (χ3n) is 4.20. The number of benzene rings is 1. The van der Waals surface area contributed by atoms with E-state index in [2.05, 4.69) is 28.7 Å². The van der Waals surface area contributed by atoms with Crippen LogP contribution in [0.3, 0.4) is 0 Å². The van der Waals surface area contributed by atoms with Gasteiger partial charge in [0.25, 0.3) is 0 Å². The van der Waals surface area contributed by atoms with Gasteiger partial charge in [-0.1, -0.05) is 24.3 Å². The molecule has 3 aromatic rings. The Hall–Kier alpha value is -1.61. The van der Waals surface area contributed by atoms with Gasteiger partial charge in [0.1, 0.15) is 0 Å². The van der Waals surface area contributed by atoms with Gasteiger partial charge in [-0.05, 0) is 24.8 Å². The summed E-state index contributed by atoms with van der Waals surface area (Å²) >= 11 is 1.90. The first kappa shape index (κ1) is 9.34. The molecule has 0 N–H and O–H groups in total. The second kappa shape index (κ2) is 3.04. The molecule has 18 heavy (non-hydrogen) atoms. The summed E-state index contributed by atoms with van der Waals surface area (Å²) in [5, 5.41) is 0. The monoisotopic (exact) mass is 252 g/mol. The fraction of sp³-hybridized carbons (Fsp3) is 0.267. The number of rotatable bonds is 0. The van der Waals surface area contributed by atoms with Crippen molar-refractivity contribution in [2.45, 2.75) is 25.7 Å². The second-order valence-corrected chi connectivity index (χ2v) is 6.25. The normalized spacial score (nSPS) is 16.0. The highest BCUT2D eigenvalue weighted by atomic mass is 32.1. The topological polar surface area (TPSA) is 17.3 Å². The molecule has 0 bridgehead atoms. The van der Waals surface area contributed by atoms with Crippen molar-refractivity contribution >= 4 is 16.3 Å². The molecular weight excluding hydrogens is 240 g/mol. The third-order valence-corrected chi connectivity index (χ3v) is 5.34. The van der Waals surface area contributed by atoms with Crippen molar-refractivity contribution < 1.29 is 0 Å². The van der Waals surface area contributed by atoms with Gasteiger partial charge in [0, 0.05) is 22.6 Å². The van der Waals surface area contributed by atoms with Crippen LogP contribution in [-0.4, -0.2) is 9.38 Å². The van der Waals surface area contributed by atoms with Crippen LogP contribution in [0, 0.1) is 0 Å². The third kappa shape index (κ3) is 0.977. The summed E-state index contributed by atoms with van der Waals surface area (Å²) in [4.78, 5) is 7.65. The number of aryl methyl sites for hydroxylation is 2. The van der Waals surface area contributed by atoms with E-state index in [1.807, 2.05) is 11.3 Å². The predicted molar refractivity (Wildman–Crippen MR) is 73.3 cm³/mol. The lowest BCUT2D eigenvalue weighted by molar-refractivity contribution is 0.877. The maximum absolute atomic E-state index is 4.88. The molecule has 0 saturated carbocycles. The number of aromatic nitrogens is 2. The van der Waals surface area contributed by atoms with Gasteiger partial charge in [-0.15, -0.1) is 11.3 Å². The summed E-state index contributed by atoms with van der Waals surface area (Å²) in [6.45, 7) is 0. The van der Waals surface area contributed by atoms with E-state index in [0.717, 1.165) is 6.42 Å². The molecule has 88 valence electrons. The molecule has 0 aliphatic heterocycles. The van der Waals surface area contributed by atoms with Crippen molar-refractivity contribution in [2.75, 3.05) is 0 Å². The fourth-order valence-electron chi connectivity index (χ4n) is 3.40. The molecule has 0 radical (unpaired) electrons. The highest BCUT2D eigenvalue weighted by Crippen LogP contribution is 2.41. The summed E-state index contributed by atoms with van der Waals surface area (Å²) in [5.74, 6) is 0. The summed E-state index contributed by atoms with van der Waals surface area (Å²) in [6.07, 6.45) is 4.85. The average molecular weight is 252 g/mol. The van der Waals surface area contributed by atoms with Crippen molar-refractivity contribution in [2.24, 2.45) is 0 Å². The standard InChI is InChI=1S/C15H12N2S/c1-2-5-10-9(4-1)8-12-14(10)16-15-17(12)11-6-3-7-13(11)18-15/h1-2,4-5H,3,6-8H2. The van der Waals surface area contributed by atoms with E-state index < -0.39 is 0 Å². The van der Waals surface area contributed by atoms with Gasteiger partial charge in [0.05, 0.1) is 11.4 Å². The Morgan fingerprint density at radius 3 is 3.06 bits per heavy atom. The zero-order chi connectivity index (χ0) is 11.7. The van der Waals surface area contributed by atoms with Crippen LogP contribution in [0.5, 0.6) is 0 Å². The Labute approximate surface area is 109 Å². The maximum Gasteiger partial charge on any atom is 0.194 e. The number of nitrogens with zero attached hydrogens (tertiary/aromatic N) is 2. The largest absolute Gasteiger partial charge is 0.290 e. The van der Waals surface area contributed by atoms with Crippen LogP contribution in [0.25, 0.3) is 16.2 Å². The van der Waals surface area contributed by atoms with Crippen LogP contribution < -0.4 is 0 Å². The molecule has 2 aromatic heterocycles. The van der Waals surface area contributed by atoms with Crippen molar-refractivity contribution in [1.82, 2.24) is 9.38 Å². The van der Waals surface area contributed by atoms with Crippen molar-refractivity contribution in [3.8, 4) is 11.3 Å². The summed E-state index contributed by atoms with van der Waals surface area (Å²) in [7, 11) is 0. The van der Waals surface area contributed by atoms with Crippen LogP contribution >= 0.6 is 11.3 Å². The number of thiazole rings is 1. The lowest BCUT2D eigenvalue weighted by Crippen LogP contribution is -1.94. The number of imidazole rings is 1. The van der Waals surface area contributed by atoms with E-state index in [1.165, 1.54) is 52.4 Å². The number of hydrogen-bond acceptors (Lipinski definition) is 2. The first-order valence-corrected chi connectivity index (χ1v) is 7.33.